The van der Waals surface area contributed by atoms with E-state index in [1.807, 2.05) is 25.1 Å². The summed E-state index contributed by atoms with van der Waals surface area (Å²) in [5, 5.41) is 0.543. The zero-order valence-corrected chi connectivity index (χ0v) is 13.0. The van der Waals surface area contributed by atoms with Crippen LogP contribution in [0.4, 0.5) is 5.69 Å². The van der Waals surface area contributed by atoms with Crippen molar-refractivity contribution in [1.29, 1.82) is 0 Å². The smallest absolute Gasteiger partial charge is 0.269 e. The van der Waals surface area contributed by atoms with Gasteiger partial charge in [0, 0.05) is 35.9 Å². The zero-order chi connectivity index (χ0) is 16.1. The molecule has 0 bridgehead atoms. The molecule has 0 spiro atoms. The van der Waals surface area contributed by atoms with Crippen LogP contribution in [0.15, 0.2) is 48.5 Å². The number of hydrogen-bond acceptors (Lipinski definition) is 3. The molecule has 0 aromatic heterocycles. The van der Waals surface area contributed by atoms with E-state index in [2.05, 4.69) is 10.9 Å². The van der Waals surface area contributed by atoms with E-state index in [-0.39, 0.29) is 5.91 Å². The Morgan fingerprint density at radius 2 is 1.50 bits per heavy atom. The molecule has 22 heavy (non-hydrogen) atoms. The molecular formula is C16H16ClN3O2. The summed E-state index contributed by atoms with van der Waals surface area (Å²) in [7, 11) is 3.78. The van der Waals surface area contributed by atoms with Gasteiger partial charge in [0.15, 0.2) is 0 Å². The number of rotatable bonds is 3. The Morgan fingerprint density at radius 1 is 0.909 bits per heavy atom. The fraction of sp³-hybridized carbons (Fsp3) is 0.125. The lowest BCUT2D eigenvalue weighted by atomic mass is 10.2. The number of carbonyl (C=O) groups excluding carboxylic acids is 2. The van der Waals surface area contributed by atoms with Crippen LogP contribution in [0.1, 0.15) is 20.7 Å². The summed E-state index contributed by atoms with van der Waals surface area (Å²) in [6.07, 6.45) is 0. The van der Waals surface area contributed by atoms with Crippen molar-refractivity contribution in [2.75, 3.05) is 19.0 Å². The Morgan fingerprint density at radius 3 is 2.09 bits per heavy atom. The minimum Gasteiger partial charge on any atom is -0.378 e. The van der Waals surface area contributed by atoms with E-state index in [1.165, 1.54) is 0 Å². The first-order chi connectivity index (χ1) is 10.5. The molecule has 0 saturated carbocycles. The number of benzene rings is 2. The molecule has 0 unspecified atom stereocenters. The highest BCUT2D eigenvalue weighted by molar-refractivity contribution is 6.30. The van der Waals surface area contributed by atoms with E-state index in [4.69, 9.17) is 11.6 Å². The summed E-state index contributed by atoms with van der Waals surface area (Å²) < 4.78 is 0. The Hall–Kier alpha value is -2.53. The average Bonchev–Trinajstić information content (AvgIpc) is 2.53. The van der Waals surface area contributed by atoms with Gasteiger partial charge in [0.1, 0.15) is 0 Å². The number of nitrogens with one attached hydrogen (secondary N) is 2. The standard InChI is InChI=1S/C16H16ClN3O2/c1-20(2)14-5-3-4-12(10-14)16(22)19-18-15(21)11-6-8-13(17)9-7-11/h3-10H,1-2H3,(H,18,21)(H,19,22). The first-order valence-corrected chi connectivity index (χ1v) is 6.99. The summed E-state index contributed by atoms with van der Waals surface area (Å²) in [5.41, 5.74) is 6.53. The van der Waals surface area contributed by atoms with Gasteiger partial charge in [-0.2, -0.15) is 0 Å². The predicted octanol–water partition coefficient (Wildman–Crippen LogP) is 2.48. The van der Waals surface area contributed by atoms with Crippen LogP contribution < -0.4 is 15.8 Å². The second kappa shape index (κ2) is 6.95. The average molecular weight is 318 g/mol. The van der Waals surface area contributed by atoms with Crippen LogP contribution in [-0.2, 0) is 0 Å². The number of carbonyl (C=O) groups is 2. The monoisotopic (exact) mass is 317 g/mol. The van der Waals surface area contributed by atoms with E-state index in [1.54, 1.807) is 42.5 Å². The highest BCUT2D eigenvalue weighted by Gasteiger charge is 2.10. The van der Waals surface area contributed by atoms with Crippen LogP contribution in [0.2, 0.25) is 5.02 Å². The summed E-state index contributed by atoms with van der Waals surface area (Å²) in [4.78, 5) is 25.8. The van der Waals surface area contributed by atoms with Gasteiger partial charge in [-0.25, -0.2) is 0 Å². The molecule has 0 aliphatic carbocycles. The van der Waals surface area contributed by atoms with Crippen molar-refractivity contribution in [1.82, 2.24) is 10.9 Å². The summed E-state index contributed by atoms with van der Waals surface area (Å²) in [6, 6.07) is 13.5. The normalized spacial score (nSPS) is 9.95. The second-order valence-electron chi connectivity index (χ2n) is 4.86. The highest BCUT2D eigenvalue weighted by atomic mass is 35.5. The van der Waals surface area contributed by atoms with E-state index in [9.17, 15) is 9.59 Å². The molecular weight excluding hydrogens is 302 g/mol. The number of nitrogens with zero attached hydrogens (tertiary/aromatic N) is 1. The third-order valence-corrected chi connectivity index (χ3v) is 3.27. The van der Waals surface area contributed by atoms with Crippen LogP contribution in [0.3, 0.4) is 0 Å². The molecule has 0 aliphatic rings. The minimum atomic E-state index is -0.409. The lowest BCUT2D eigenvalue weighted by molar-refractivity contribution is 0.0846. The van der Waals surface area contributed by atoms with Gasteiger partial charge < -0.3 is 4.90 Å². The SMILES string of the molecule is CN(C)c1cccc(C(=O)NNC(=O)c2ccc(Cl)cc2)c1. The molecule has 0 fully saturated rings. The van der Waals surface area contributed by atoms with Crippen molar-refractivity contribution >= 4 is 29.1 Å². The second-order valence-corrected chi connectivity index (χ2v) is 5.30. The highest BCUT2D eigenvalue weighted by Crippen LogP contribution is 2.13. The van der Waals surface area contributed by atoms with Gasteiger partial charge in [-0.3, -0.25) is 20.4 Å². The fourth-order valence-corrected chi connectivity index (χ4v) is 1.91. The Bertz CT molecular complexity index is 684. The molecule has 0 heterocycles. The van der Waals surface area contributed by atoms with Crippen molar-refractivity contribution in [3.63, 3.8) is 0 Å². The van der Waals surface area contributed by atoms with Crippen molar-refractivity contribution in [2.24, 2.45) is 0 Å². The molecule has 0 aliphatic heterocycles. The molecule has 0 saturated heterocycles. The molecule has 6 heteroatoms. The first kappa shape index (κ1) is 15.9. The third kappa shape index (κ3) is 3.99. The topological polar surface area (TPSA) is 61.4 Å². The molecule has 2 rings (SSSR count). The van der Waals surface area contributed by atoms with Gasteiger partial charge in [0.25, 0.3) is 11.8 Å². The molecule has 114 valence electrons. The van der Waals surface area contributed by atoms with Gasteiger partial charge in [0.05, 0.1) is 0 Å². The van der Waals surface area contributed by atoms with Crippen molar-refractivity contribution in [2.45, 2.75) is 0 Å². The number of amides is 2. The van der Waals surface area contributed by atoms with Gasteiger partial charge in [0.2, 0.25) is 0 Å². The zero-order valence-electron chi connectivity index (χ0n) is 12.3. The van der Waals surface area contributed by atoms with Gasteiger partial charge >= 0.3 is 0 Å². The lowest BCUT2D eigenvalue weighted by Crippen LogP contribution is -2.41. The first-order valence-electron chi connectivity index (χ1n) is 6.61. The Labute approximate surface area is 133 Å². The molecule has 2 N–H and O–H groups in total. The molecule has 2 amide bonds. The number of halogens is 1. The largest absolute Gasteiger partial charge is 0.378 e. The van der Waals surface area contributed by atoms with Crippen LogP contribution in [0, 0.1) is 0 Å². The minimum absolute atomic E-state index is 0.383. The van der Waals surface area contributed by atoms with Crippen molar-refractivity contribution in [3.8, 4) is 0 Å². The Kier molecular flexibility index (Phi) is 5.01. The maximum Gasteiger partial charge on any atom is 0.269 e. The summed E-state index contributed by atoms with van der Waals surface area (Å²) >= 11 is 5.76. The van der Waals surface area contributed by atoms with E-state index >= 15 is 0 Å². The van der Waals surface area contributed by atoms with E-state index in [0.717, 1.165) is 5.69 Å². The third-order valence-electron chi connectivity index (χ3n) is 3.02. The lowest BCUT2D eigenvalue weighted by Gasteiger charge is -2.13. The maximum absolute atomic E-state index is 12.0. The van der Waals surface area contributed by atoms with Gasteiger partial charge in [-0.15, -0.1) is 0 Å². The predicted molar refractivity (Wildman–Crippen MR) is 87.2 cm³/mol. The van der Waals surface area contributed by atoms with Crippen molar-refractivity contribution in [3.05, 3.63) is 64.7 Å². The van der Waals surface area contributed by atoms with E-state index in [0.29, 0.717) is 16.1 Å². The molecule has 5 nitrogen and oxygen atoms in total. The number of hydrazine groups is 1. The molecule has 0 radical (unpaired) electrons. The maximum atomic E-state index is 12.0. The summed E-state index contributed by atoms with van der Waals surface area (Å²) in [6.45, 7) is 0. The van der Waals surface area contributed by atoms with E-state index < -0.39 is 5.91 Å². The Balaban J connectivity index is 1.99. The fourth-order valence-electron chi connectivity index (χ4n) is 1.78. The van der Waals surface area contributed by atoms with Crippen molar-refractivity contribution < 1.29 is 9.59 Å². The molecule has 2 aromatic carbocycles. The van der Waals surface area contributed by atoms with Crippen LogP contribution in [0.5, 0.6) is 0 Å². The quantitative estimate of drug-likeness (QED) is 0.855. The van der Waals surface area contributed by atoms with Crippen LogP contribution in [-0.4, -0.2) is 25.9 Å². The van der Waals surface area contributed by atoms with Gasteiger partial charge in [-0.1, -0.05) is 17.7 Å². The van der Waals surface area contributed by atoms with Gasteiger partial charge in [-0.05, 0) is 42.5 Å². The van der Waals surface area contributed by atoms with Crippen LogP contribution in [0.25, 0.3) is 0 Å². The molecule has 2 aromatic rings. The van der Waals surface area contributed by atoms with Crippen LogP contribution >= 0.6 is 11.6 Å². The molecule has 0 atom stereocenters. The number of hydrogen-bond donors (Lipinski definition) is 2. The number of anilines is 1. The summed E-state index contributed by atoms with van der Waals surface area (Å²) in [5.74, 6) is -0.792.